The van der Waals surface area contributed by atoms with Gasteiger partial charge in [-0.1, -0.05) is 66.7 Å². The highest BCUT2D eigenvalue weighted by Gasteiger charge is 2.52. The maximum Gasteiger partial charge on any atom is 0.497 e. The average Bonchev–Trinajstić information content (AvgIpc) is 3.27. The summed E-state index contributed by atoms with van der Waals surface area (Å²) >= 11 is 0. The topological polar surface area (TPSA) is 23.4 Å². The van der Waals surface area contributed by atoms with Gasteiger partial charge >= 0.3 is 7.12 Å². The van der Waals surface area contributed by atoms with Crippen LogP contribution in [0.2, 0.25) is 0 Å². The van der Waals surface area contributed by atoms with Crippen molar-refractivity contribution in [2.24, 2.45) is 0 Å². The van der Waals surface area contributed by atoms with E-state index in [0.29, 0.717) is 0 Å². The van der Waals surface area contributed by atoms with Crippen LogP contribution >= 0.6 is 0 Å². The third kappa shape index (κ3) is 2.83. The van der Waals surface area contributed by atoms with E-state index in [1.165, 1.54) is 27.1 Å². The Hall–Kier alpha value is -3.08. The number of aromatic nitrogens is 1. The van der Waals surface area contributed by atoms with Gasteiger partial charge in [0, 0.05) is 28.1 Å². The number of fused-ring (bicyclic) bond motifs is 4. The molecule has 0 N–H and O–H groups in total. The Labute approximate surface area is 188 Å². The molecule has 0 saturated carbocycles. The Balaban J connectivity index is 1.63. The number of hydrogen-bond donors (Lipinski definition) is 0. The molecular formula is C28H26BNO2. The van der Waals surface area contributed by atoms with Gasteiger partial charge < -0.3 is 13.9 Å². The van der Waals surface area contributed by atoms with Crippen molar-refractivity contribution in [3.05, 3.63) is 85.1 Å². The van der Waals surface area contributed by atoms with Crippen LogP contribution in [0.4, 0.5) is 0 Å². The zero-order valence-electron chi connectivity index (χ0n) is 18.9. The van der Waals surface area contributed by atoms with E-state index in [1.54, 1.807) is 0 Å². The quantitative estimate of drug-likeness (QED) is 0.317. The highest BCUT2D eigenvalue weighted by Crippen LogP contribution is 2.38. The van der Waals surface area contributed by atoms with Crippen molar-refractivity contribution in [3.63, 3.8) is 0 Å². The first kappa shape index (κ1) is 19.6. The third-order valence-corrected chi connectivity index (χ3v) is 7.24. The summed E-state index contributed by atoms with van der Waals surface area (Å²) in [5, 5.41) is 6.07. The first-order chi connectivity index (χ1) is 15.3. The van der Waals surface area contributed by atoms with Crippen LogP contribution < -0.4 is 5.46 Å². The molecule has 1 aromatic heterocycles. The van der Waals surface area contributed by atoms with Crippen LogP contribution in [-0.4, -0.2) is 22.9 Å². The average molecular weight is 419 g/mol. The summed E-state index contributed by atoms with van der Waals surface area (Å²) in [6, 6.07) is 28.1. The summed E-state index contributed by atoms with van der Waals surface area (Å²) in [4.78, 5) is 0. The predicted molar refractivity (Wildman–Crippen MR) is 134 cm³/mol. The first-order valence-electron chi connectivity index (χ1n) is 11.2. The molecule has 0 atom stereocenters. The number of rotatable bonds is 2. The molecule has 0 amide bonds. The van der Waals surface area contributed by atoms with Crippen molar-refractivity contribution in [1.82, 2.24) is 4.57 Å². The van der Waals surface area contributed by atoms with E-state index in [1.807, 2.05) is 0 Å². The van der Waals surface area contributed by atoms with Crippen LogP contribution in [0.1, 0.15) is 27.7 Å². The van der Waals surface area contributed by atoms with Crippen LogP contribution in [0, 0.1) is 0 Å². The van der Waals surface area contributed by atoms with Gasteiger partial charge in [-0.3, -0.25) is 0 Å². The zero-order chi connectivity index (χ0) is 22.1. The number of hydrogen-bond acceptors (Lipinski definition) is 2. The van der Waals surface area contributed by atoms with Gasteiger partial charge in [-0.05, 0) is 56.0 Å². The van der Waals surface area contributed by atoms with Crippen molar-refractivity contribution in [3.8, 4) is 5.69 Å². The SMILES string of the molecule is CC1(C)OB(c2cn(-c3ccc4ccccc4c3)c3c2ccc2ccccc23)OC1(C)C. The van der Waals surface area contributed by atoms with E-state index < -0.39 is 7.12 Å². The Morgan fingerprint density at radius 2 is 1.28 bits per heavy atom. The van der Waals surface area contributed by atoms with E-state index >= 15 is 0 Å². The molecule has 1 aliphatic heterocycles. The lowest BCUT2D eigenvalue weighted by atomic mass is 9.78. The number of benzene rings is 4. The Bertz CT molecular complexity index is 1480. The summed E-state index contributed by atoms with van der Waals surface area (Å²) < 4.78 is 15.2. The fourth-order valence-corrected chi connectivity index (χ4v) is 4.71. The van der Waals surface area contributed by atoms with Gasteiger partial charge in [-0.25, -0.2) is 0 Å². The van der Waals surface area contributed by atoms with Crippen molar-refractivity contribution in [1.29, 1.82) is 0 Å². The van der Waals surface area contributed by atoms with Gasteiger partial charge in [-0.2, -0.15) is 0 Å². The zero-order valence-corrected chi connectivity index (χ0v) is 18.9. The second kappa shape index (κ2) is 6.71. The van der Waals surface area contributed by atoms with Crippen molar-refractivity contribution in [2.75, 3.05) is 0 Å². The summed E-state index contributed by atoms with van der Waals surface area (Å²) in [6.07, 6.45) is 2.20. The summed E-state index contributed by atoms with van der Waals surface area (Å²) in [6.45, 7) is 8.41. The van der Waals surface area contributed by atoms with E-state index in [4.69, 9.17) is 9.31 Å². The molecule has 1 aliphatic rings. The van der Waals surface area contributed by atoms with Crippen molar-refractivity contribution < 1.29 is 9.31 Å². The van der Waals surface area contributed by atoms with Gasteiger partial charge in [0.05, 0.1) is 16.7 Å². The monoisotopic (exact) mass is 419 g/mol. The molecule has 0 spiro atoms. The Morgan fingerprint density at radius 1 is 0.656 bits per heavy atom. The molecule has 1 fully saturated rings. The summed E-state index contributed by atoms with van der Waals surface area (Å²) in [5.41, 5.74) is 2.62. The molecule has 0 unspecified atom stereocenters. The minimum atomic E-state index is -0.412. The molecule has 32 heavy (non-hydrogen) atoms. The van der Waals surface area contributed by atoms with E-state index in [0.717, 1.165) is 16.5 Å². The van der Waals surface area contributed by atoms with E-state index in [2.05, 4.69) is 117 Å². The molecule has 2 heterocycles. The molecule has 4 aromatic carbocycles. The van der Waals surface area contributed by atoms with Gasteiger partial charge in [0.25, 0.3) is 0 Å². The number of nitrogens with zero attached hydrogens (tertiary/aromatic N) is 1. The Kier molecular flexibility index (Phi) is 4.11. The first-order valence-corrected chi connectivity index (χ1v) is 11.2. The fraction of sp³-hybridized carbons (Fsp3) is 0.214. The maximum absolute atomic E-state index is 6.45. The molecule has 0 radical (unpaired) electrons. The molecule has 1 saturated heterocycles. The van der Waals surface area contributed by atoms with Gasteiger partial charge in [0.1, 0.15) is 0 Å². The van der Waals surface area contributed by atoms with E-state index in [-0.39, 0.29) is 11.2 Å². The third-order valence-electron chi connectivity index (χ3n) is 7.24. The van der Waals surface area contributed by atoms with Crippen molar-refractivity contribution in [2.45, 2.75) is 38.9 Å². The highest BCUT2D eigenvalue weighted by atomic mass is 16.7. The molecule has 6 rings (SSSR count). The van der Waals surface area contributed by atoms with E-state index in [9.17, 15) is 0 Å². The standard InChI is InChI=1S/C28H26BNO2/c1-27(2)28(3,4)32-29(31-27)25-18-30(22-15-13-19-9-5-6-11-21(19)17-22)26-23-12-8-7-10-20(23)14-16-24(25)26/h5-18H,1-4H3. The van der Waals surface area contributed by atoms with Crippen LogP contribution in [0.25, 0.3) is 38.1 Å². The van der Waals surface area contributed by atoms with Crippen molar-refractivity contribution >= 4 is 45.0 Å². The van der Waals surface area contributed by atoms with Gasteiger partial charge in [0.2, 0.25) is 0 Å². The Morgan fingerprint density at radius 3 is 2.03 bits per heavy atom. The van der Waals surface area contributed by atoms with Gasteiger partial charge in [0.15, 0.2) is 0 Å². The minimum Gasteiger partial charge on any atom is -0.399 e. The van der Waals surface area contributed by atoms with Crippen LogP contribution in [0.5, 0.6) is 0 Å². The summed E-state index contributed by atoms with van der Waals surface area (Å²) in [7, 11) is -0.412. The minimum absolute atomic E-state index is 0.383. The maximum atomic E-state index is 6.45. The highest BCUT2D eigenvalue weighted by molar-refractivity contribution is 6.65. The molecule has 0 aliphatic carbocycles. The lowest BCUT2D eigenvalue weighted by Gasteiger charge is -2.32. The predicted octanol–water partition coefficient (Wildman–Crippen LogP) is 6.24. The van der Waals surface area contributed by atoms with Gasteiger partial charge in [-0.15, -0.1) is 0 Å². The summed E-state index contributed by atoms with van der Waals surface area (Å²) in [5.74, 6) is 0. The fourth-order valence-electron chi connectivity index (χ4n) is 4.71. The molecule has 5 aromatic rings. The lowest BCUT2D eigenvalue weighted by Crippen LogP contribution is -2.41. The molecule has 0 bridgehead atoms. The molecular weight excluding hydrogens is 393 g/mol. The molecule has 4 heteroatoms. The normalized spacial score (nSPS) is 17.6. The second-order valence-corrected chi connectivity index (χ2v) is 9.76. The smallest absolute Gasteiger partial charge is 0.399 e. The van der Waals surface area contributed by atoms with Crippen LogP contribution in [0.15, 0.2) is 85.1 Å². The largest absolute Gasteiger partial charge is 0.497 e. The second-order valence-electron chi connectivity index (χ2n) is 9.76. The molecule has 158 valence electrons. The lowest BCUT2D eigenvalue weighted by molar-refractivity contribution is 0.00578. The van der Waals surface area contributed by atoms with Crippen LogP contribution in [0.3, 0.4) is 0 Å². The molecule has 3 nitrogen and oxygen atoms in total. The van der Waals surface area contributed by atoms with Crippen LogP contribution in [-0.2, 0) is 9.31 Å².